The van der Waals surface area contributed by atoms with Gasteiger partial charge in [0.2, 0.25) is 0 Å². The number of fused-ring (bicyclic) bond motifs is 11. The molecule has 3 aromatic heterocycles. The largest absolute Gasteiger partial charge is 0.319 e. The molecule has 0 radical (unpaired) electrons. The fraction of sp³-hybridized carbons (Fsp3) is 0.273. The summed E-state index contributed by atoms with van der Waals surface area (Å²) < 4.78 is 8.26. The minimum Gasteiger partial charge on any atom is -0.308 e. The van der Waals surface area contributed by atoms with Crippen LogP contribution in [0.15, 0.2) is 115 Å². The van der Waals surface area contributed by atoms with E-state index < -0.39 is 5.66 Å². The summed E-state index contributed by atoms with van der Waals surface area (Å²) in [6, 6.07) is 45.3. The highest BCUT2D eigenvalue weighted by atomic mass is 15.5. The van der Waals surface area contributed by atoms with Gasteiger partial charge in [0.1, 0.15) is 22.5 Å². The lowest BCUT2D eigenvalue weighted by molar-refractivity contribution is -0.928. The van der Waals surface area contributed by atoms with E-state index in [0.717, 1.165) is 0 Å². The van der Waals surface area contributed by atoms with E-state index in [1.54, 1.807) is 0 Å². The second-order valence-electron chi connectivity index (χ2n) is 21.5. The maximum atomic E-state index is 2.80. The van der Waals surface area contributed by atoms with E-state index in [4.69, 9.17) is 0 Å². The van der Waals surface area contributed by atoms with E-state index in [2.05, 4.69) is 208 Å². The fourth-order valence-corrected chi connectivity index (χ4v) is 12.7. The minimum atomic E-state index is -0.714. The van der Waals surface area contributed by atoms with E-state index in [9.17, 15) is 0 Å². The highest BCUT2D eigenvalue weighted by Gasteiger charge is 2.72. The van der Waals surface area contributed by atoms with Crippen molar-refractivity contribution in [2.75, 3.05) is 9.80 Å². The lowest BCUT2D eigenvalue weighted by atomic mass is 9.67. The molecule has 0 bridgehead atoms. The maximum Gasteiger partial charge on any atom is 0.319 e. The molecule has 0 fully saturated rings. The van der Waals surface area contributed by atoms with Crippen LogP contribution in [-0.2, 0) is 27.3 Å². The zero-order chi connectivity index (χ0) is 40.9. The number of hydrogen-bond donors (Lipinski definition) is 0. The molecule has 8 aromatic rings. The van der Waals surface area contributed by atoms with Crippen molar-refractivity contribution in [2.45, 2.75) is 96.6 Å². The Bertz CT molecular complexity index is 3350. The van der Waals surface area contributed by atoms with Gasteiger partial charge < -0.3 is 4.57 Å². The van der Waals surface area contributed by atoms with Gasteiger partial charge in [-0.15, -0.1) is 0 Å². The van der Waals surface area contributed by atoms with E-state index in [1.807, 2.05) is 0 Å². The number of para-hydroxylation sites is 3. The summed E-state index contributed by atoms with van der Waals surface area (Å²) in [5, 5.41) is 2.64. The van der Waals surface area contributed by atoms with Crippen LogP contribution in [0.2, 0.25) is 0 Å². The fourth-order valence-electron chi connectivity index (χ4n) is 12.7. The van der Waals surface area contributed by atoms with Crippen molar-refractivity contribution in [1.82, 2.24) is 4.57 Å². The molecule has 1 unspecified atom stereocenters. The Morgan fingerprint density at radius 2 is 0.983 bits per heavy atom. The molecule has 5 aromatic carbocycles. The first-order valence-electron chi connectivity index (χ1n) is 21.9. The molecule has 1 spiro atoms. The molecule has 0 amide bonds. The van der Waals surface area contributed by atoms with Gasteiger partial charge in [0.15, 0.2) is 22.8 Å². The van der Waals surface area contributed by atoms with Crippen LogP contribution in [0.5, 0.6) is 0 Å². The molecule has 6 aliphatic heterocycles. The van der Waals surface area contributed by atoms with Crippen LogP contribution in [0.3, 0.4) is 0 Å². The third-order valence-electron chi connectivity index (χ3n) is 15.6. The summed E-state index contributed by atoms with van der Waals surface area (Å²) >= 11 is 0. The van der Waals surface area contributed by atoms with E-state index in [1.165, 1.54) is 118 Å². The Morgan fingerprint density at radius 1 is 0.467 bits per heavy atom. The van der Waals surface area contributed by atoms with Crippen molar-refractivity contribution in [3.63, 3.8) is 0 Å². The number of hydrogen-bond acceptors (Lipinski definition) is 2. The average Bonchev–Trinajstić information content (AvgIpc) is 3.71. The zero-order valence-corrected chi connectivity index (χ0v) is 36.2. The maximum absolute atomic E-state index is 2.80. The van der Waals surface area contributed by atoms with Crippen LogP contribution >= 0.6 is 0 Å². The molecule has 1 atom stereocenters. The third kappa shape index (κ3) is 3.35. The van der Waals surface area contributed by atoms with Crippen LogP contribution in [0.1, 0.15) is 114 Å². The number of aromatic nitrogens is 3. The monoisotopic (exact) mass is 779 g/mol. The Labute approximate surface area is 351 Å². The van der Waals surface area contributed by atoms with Gasteiger partial charge in [-0.3, -0.25) is 0 Å². The molecule has 9 heterocycles. The second-order valence-corrected chi connectivity index (χ2v) is 21.5. The van der Waals surface area contributed by atoms with Gasteiger partial charge in [0.25, 0.3) is 11.6 Å². The van der Waals surface area contributed by atoms with Crippen LogP contribution in [-0.4, -0.2) is 4.57 Å². The average molecular weight is 780 g/mol. The second kappa shape index (κ2) is 9.71. The predicted octanol–water partition coefficient (Wildman–Crippen LogP) is 12.4. The number of anilines is 6. The first-order chi connectivity index (χ1) is 28.6. The zero-order valence-electron chi connectivity index (χ0n) is 36.2. The molecule has 6 aliphatic rings. The van der Waals surface area contributed by atoms with Gasteiger partial charge in [-0.1, -0.05) is 130 Å². The van der Waals surface area contributed by atoms with Crippen molar-refractivity contribution in [3.8, 4) is 17.1 Å². The molecule has 0 saturated heterocycles. The Kier molecular flexibility index (Phi) is 5.44. The summed E-state index contributed by atoms with van der Waals surface area (Å²) in [5.41, 5.74) is 21.1. The predicted molar refractivity (Wildman–Crippen MR) is 243 cm³/mol. The van der Waals surface area contributed by atoms with Gasteiger partial charge in [0, 0.05) is 56.0 Å². The van der Waals surface area contributed by atoms with Crippen LogP contribution < -0.4 is 18.9 Å². The van der Waals surface area contributed by atoms with Crippen molar-refractivity contribution in [1.29, 1.82) is 0 Å². The number of benzene rings is 5. The van der Waals surface area contributed by atoms with Crippen molar-refractivity contribution < 1.29 is 9.13 Å². The van der Waals surface area contributed by atoms with E-state index in [0.29, 0.717) is 0 Å². The minimum absolute atomic E-state index is 0.0912. The smallest absolute Gasteiger partial charge is 0.308 e. The SMILES string of the molecule is CC(C)(C)c1cc2[n+]3c(c1)N1c4ccccc4C(C)(C)c4ccc5c(c41)C31c3c4c(cc6c7ccccc7n-5c36)C(C)(C)c3ccccc3N4c3cc(C(C)(C)C)cc-2[n+]31. The normalized spacial score (nSPS) is 19.4. The molecular formula is C55H49N5+2. The molecule has 292 valence electrons. The molecular weight excluding hydrogens is 731 g/mol. The van der Waals surface area contributed by atoms with Crippen molar-refractivity contribution in [3.05, 3.63) is 160 Å². The number of rotatable bonds is 0. The molecule has 14 rings (SSSR count). The lowest BCUT2D eigenvalue weighted by Gasteiger charge is -2.49. The van der Waals surface area contributed by atoms with Crippen LogP contribution in [0, 0.1) is 0 Å². The number of pyridine rings is 2. The summed E-state index contributed by atoms with van der Waals surface area (Å²) in [5.74, 6) is 2.47. The van der Waals surface area contributed by atoms with Crippen molar-refractivity contribution >= 4 is 56.2 Å². The van der Waals surface area contributed by atoms with Gasteiger partial charge in [-0.05, 0) is 64.4 Å². The molecule has 0 aliphatic carbocycles. The van der Waals surface area contributed by atoms with E-state index >= 15 is 0 Å². The lowest BCUT2D eigenvalue weighted by Crippen LogP contribution is -2.77. The molecule has 60 heavy (non-hydrogen) atoms. The summed E-state index contributed by atoms with van der Waals surface area (Å²) in [6.45, 7) is 24.1. The molecule has 0 N–H and O–H groups in total. The standard InChI is InChI=1S/C55H49N5/c1-51(2,3)30-25-42-43-26-31(52(4,5)6)28-45-58-40-22-16-13-19-35(40)54(9,10)37-29-33-32-17-11-14-20-38(32)56-41-24-23-36-49-46(41)55(60(43)45,47(48(33)56)50(37)58)59(42)44(27-30)57(49)39-21-15-12-18-34(39)53(36,7)8/h11-29H,1-10H3/q+2. The van der Waals surface area contributed by atoms with Crippen molar-refractivity contribution in [2.24, 2.45) is 0 Å². The number of nitrogens with zero attached hydrogens (tertiary/aromatic N) is 5. The molecule has 5 nitrogen and oxygen atoms in total. The first kappa shape index (κ1) is 33.6. The van der Waals surface area contributed by atoms with Gasteiger partial charge in [-0.2, -0.15) is 18.9 Å². The third-order valence-corrected chi connectivity index (χ3v) is 15.6. The summed E-state index contributed by atoms with van der Waals surface area (Å²) in [4.78, 5) is 5.35. The summed E-state index contributed by atoms with van der Waals surface area (Å²) in [7, 11) is 0. The molecule has 0 saturated carbocycles. The molecule has 5 heteroatoms. The van der Waals surface area contributed by atoms with Crippen LogP contribution in [0.25, 0.3) is 38.9 Å². The highest BCUT2D eigenvalue weighted by molar-refractivity contribution is 6.15. The van der Waals surface area contributed by atoms with Crippen LogP contribution in [0.4, 0.5) is 34.4 Å². The van der Waals surface area contributed by atoms with Gasteiger partial charge in [0.05, 0.1) is 16.7 Å². The summed E-state index contributed by atoms with van der Waals surface area (Å²) in [6.07, 6.45) is 0. The van der Waals surface area contributed by atoms with Gasteiger partial charge >= 0.3 is 5.66 Å². The Hall–Kier alpha value is -6.20. The Morgan fingerprint density at radius 3 is 1.57 bits per heavy atom. The first-order valence-corrected chi connectivity index (χ1v) is 21.9. The Balaban J connectivity index is 1.32. The topological polar surface area (TPSA) is 19.2 Å². The quantitative estimate of drug-likeness (QED) is 0.143. The highest BCUT2D eigenvalue weighted by Crippen LogP contribution is 2.67. The van der Waals surface area contributed by atoms with Gasteiger partial charge in [-0.25, -0.2) is 0 Å². The van der Waals surface area contributed by atoms with E-state index in [-0.39, 0.29) is 21.7 Å².